The van der Waals surface area contributed by atoms with Gasteiger partial charge in [-0.1, -0.05) is 42.5 Å². The Hall–Kier alpha value is -3.86. The standard InChI is InChI=1S/C17H13N7O/c18-10-14-8-4-5-9-15(14)17-21-23-24(22-17)12-16(25)20-19-11-13-6-2-1-3-7-13/h1-9,11H,12H2,(H,20,25). The third-order valence-electron chi connectivity index (χ3n) is 3.23. The minimum atomic E-state index is -0.385. The minimum Gasteiger partial charge on any atom is -0.271 e. The Kier molecular flexibility index (Phi) is 4.87. The van der Waals surface area contributed by atoms with E-state index < -0.39 is 0 Å². The number of nitrogens with one attached hydrogen (secondary N) is 1. The van der Waals surface area contributed by atoms with E-state index in [0.717, 1.165) is 10.4 Å². The van der Waals surface area contributed by atoms with Gasteiger partial charge < -0.3 is 0 Å². The summed E-state index contributed by atoms with van der Waals surface area (Å²) < 4.78 is 0. The number of nitriles is 1. The van der Waals surface area contributed by atoms with Crippen molar-refractivity contribution in [1.29, 1.82) is 5.26 Å². The van der Waals surface area contributed by atoms with Crippen LogP contribution >= 0.6 is 0 Å². The molecule has 122 valence electrons. The highest BCUT2D eigenvalue weighted by atomic mass is 16.2. The van der Waals surface area contributed by atoms with Crippen molar-refractivity contribution >= 4 is 12.1 Å². The van der Waals surface area contributed by atoms with Gasteiger partial charge in [0, 0.05) is 5.56 Å². The Morgan fingerprint density at radius 1 is 1.20 bits per heavy atom. The van der Waals surface area contributed by atoms with Crippen LogP contribution in [0.2, 0.25) is 0 Å². The molecule has 0 aliphatic rings. The molecule has 25 heavy (non-hydrogen) atoms. The number of nitrogens with zero attached hydrogens (tertiary/aromatic N) is 6. The van der Waals surface area contributed by atoms with E-state index in [4.69, 9.17) is 5.26 Å². The molecule has 0 atom stereocenters. The molecule has 0 spiro atoms. The topological polar surface area (TPSA) is 109 Å². The zero-order valence-corrected chi connectivity index (χ0v) is 13.1. The molecule has 8 nitrogen and oxygen atoms in total. The van der Waals surface area contributed by atoms with E-state index in [1.807, 2.05) is 30.3 Å². The second-order valence-corrected chi connectivity index (χ2v) is 5.00. The molecule has 0 unspecified atom stereocenters. The summed E-state index contributed by atoms with van der Waals surface area (Å²) in [5.41, 5.74) is 4.28. The van der Waals surface area contributed by atoms with Crippen molar-refractivity contribution in [2.75, 3.05) is 0 Å². The molecule has 0 radical (unpaired) electrons. The van der Waals surface area contributed by atoms with Crippen molar-refractivity contribution in [3.8, 4) is 17.5 Å². The van der Waals surface area contributed by atoms with E-state index >= 15 is 0 Å². The van der Waals surface area contributed by atoms with Gasteiger partial charge in [0.25, 0.3) is 5.91 Å². The van der Waals surface area contributed by atoms with Gasteiger partial charge in [-0.2, -0.15) is 15.2 Å². The van der Waals surface area contributed by atoms with Crippen molar-refractivity contribution in [3.05, 3.63) is 65.7 Å². The summed E-state index contributed by atoms with van der Waals surface area (Å²) in [6.07, 6.45) is 1.54. The number of benzene rings is 2. The molecule has 3 rings (SSSR count). The summed E-state index contributed by atoms with van der Waals surface area (Å²) in [5, 5.41) is 24.8. The maximum absolute atomic E-state index is 11.9. The highest BCUT2D eigenvalue weighted by molar-refractivity contribution is 5.82. The van der Waals surface area contributed by atoms with Crippen LogP contribution in [-0.2, 0) is 11.3 Å². The van der Waals surface area contributed by atoms with Gasteiger partial charge in [-0.05, 0) is 22.9 Å². The molecular weight excluding hydrogens is 318 g/mol. The molecule has 0 saturated heterocycles. The molecule has 0 fully saturated rings. The van der Waals surface area contributed by atoms with Crippen LogP contribution in [0.5, 0.6) is 0 Å². The fourth-order valence-electron chi connectivity index (χ4n) is 2.08. The number of hydrogen-bond acceptors (Lipinski definition) is 6. The van der Waals surface area contributed by atoms with Crippen LogP contribution in [0, 0.1) is 11.3 Å². The molecule has 3 aromatic rings. The van der Waals surface area contributed by atoms with Gasteiger partial charge in [0.05, 0.1) is 17.8 Å². The van der Waals surface area contributed by atoms with Gasteiger partial charge >= 0.3 is 0 Å². The van der Waals surface area contributed by atoms with E-state index in [1.165, 1.54) is 0 Å². The molecule has 0 aliphatic heterocycles. The lowest BCUT2D eigenvalue weighted by atomic mass is 10.1. The number of tetrazole rings is 1. The average molecular weight is 331 g/mol. The van der Waals surface area contributed by atoms with Crippen molar-refractivity contribution in [2.45, 2.75) is 6.54 Å². The number of hydrogen-bond donors (Lipinski definition) is 1. The molecule has 1 N–H and O–H groups in total. The first kappa shape index (κ1) is 16.0. The molecule has 0 saturated carbocycles. The first-order chi connectivity index (χ1) is 12.3. The van der Waals surface area contributed by atoms with Gasteiger partial charge in [-0.25, -0.2) is 5.43 Å². The molecule has 2 aromatic carbocycles. The third-order valence-corrected chi connectivity index (χ3v) is 3.23. The summed E-state index contributed by atoms with van der Waals surface area (Å²) in [6.45, 7) is -0.131. The van der Waals surface area contributed by atoms with E-state index in [1.54, 1.807) is 30.5 Å². The van der Waals surface area contributed by atoms with Crippen molar-refractivity contribution < 1.29 is 4.79 Å². The lowest BCUT2D eigenvalue weighted by Gasteiger charge is -1.98. The number of carbonyl (C=O) groups excluding carboxylic acids is 1. The van der Waals surface area contributed by atoms with Gasteiger partial charge in [-0.3, -0.25) is 4.79 Å². The van der Waals surface area contributed by atoms with Crippen LogP contribution in [0.15, 0.2) is 59.7 Å². The zero-order valence-electron chi connectivity index (χ0n) is 13.1. The predicted molar refractivity (Wildman–Crippen MR) is 90.1 cm³/mol. The highest BCUT2D eigenvalue weighted by Gasteiger charge is 2.11. The minimum absolute atomic E-state index is 0.131. The van der Waals surface area contributed by atoms with Crippen molar-refractivity contribution in [2.24, 2.45) is 5.10 Å². The van der Waals surface area contributed by atoms with Crippen LogP contribution in [0.3, 0.4) is 0 Å². The Balaban J connectivity index is 1.62. The monoisotopic (exact) mass is 331 g/mol. The Morgan fingerprint density at radius 3 is 2.76 bits per heavy atom. The van der Waals surface area contributed by atoms with Gasteiger partial charge in [0.2, 0.25) is 5.82 Å². The smallest absolute Gasteiger partial charge is 0.263 e. The van der Waals surface area contributed by atoms with Crippen LogP contribution in [-0.4, -0.2) is 32.3 Å². The summed E-state index contributed by atoms with van der Waals surface area (Å²) in [7, 11) is 0. The number of amides is 1. The van der Waals surface area contributed by atoms with Crippen LogP contribution in [0.25, 0.3) is 11.4 Å². The first-order valence-electron chi connectivity index (χ1n) is 7.40. The molecule has 1 amide bonds. The van der Waals surface area contributed by atoms with E-state index in [9.17, 15) is 4.79 Å². The van der Waals surface area contributed by atoms with E-state index in [2.05, 4.69) is 32.0 Å². The Labute approximate surface area is 143 Å². The lowest BCUT2D eigenvalue weighted by Crippen LogP contribution is -2.24. The molecule has 0 aliphatic carbocycles. The normalized spacial score (nSPS) is 10.5. The largest absolute Gasteiger partial charge is 0.271 e. The number of rotatable bonds is 5. The fourth-order valence-corrected chi connectivity index (χ4v) is 2.08. The third kappa shape index (κ3) is 4.11. The van der Waals surface area contributed by atoms with Gasteiger partial charge in [-0.15, -0.1) is 10.2 Å². The van der Waals surface area contributed by atoms with Crippen molar-refractivity contribution in [1.82, 2.24) is 25.6 Å². The first-order valence-corrected chi connectivity index (χ1v) is 7.40. The summed E-state index contributed by atoms with van der Waals surface area (Å²) in [6, 6.07) is 18.4. The molecular formula is C17H13N7O. The maximum Gasteiger partial charge on any atom is 0.263 e. The second kappa shape index (κ2) is 7.61. The molecule has 8 heteroatoms. The molecule has 1 heterocycles. The van der Waals surface area contributed by atoms with Crippen LogP contribution in [0.4, 0.5) is 0 Å². The van der Waals surface area contributed by atoms with Crippen LogP contribution in [0.1, 0.15) is 11.1 Å². The average Bonchev–Trinajstić information content (AvgIpc) is 3.10. The number of aromatic nitrogens is 4. The van der Waals surface area contributed by atoms with Crippen molar-refractivity contribution in [3.63, 3.8) is 0 Å². The summed E-state index contributed by atoms with van der Waals surface area (Å²) in [4.78, 5) is 13.0. The molecule has 0 bridgehead atoms. The van der Waals surface area contributed by atoms with Gasteiger partial charge in [0.15, 0.2) is 0 Å². The van der Waals surface area contributed by atoms with E-state index in [-0.39, 0.29) is 18.3 Å². The SMILES string of the molecule is N#Cc1ccccc1-c1nnn(CC(=O)NN=Cc2ccccc2)n1. The maximum atomic E-state index is 11.9. The zero-order chi connectivity index (χ0) is 17.5. The summed E-state index contributed by atoms with van der Waals surface area (Å²) >= 11 is 0. The van der Waals surface area contributed by atoms with E-state index in [0.29, 0.717) is 11.1 Å². The number of carbonyl (C=O) groups is 1. The summed E-state index contributed by atoms with van der Waals surface area (Å²) in [5.74, 6) is -0.0950. The number of hydrazone groups is 1. The second-order valence-electron chi connectivity index (χ2n) is 5.00. The quantitative estimate of drug-likeness (QED) is 0.561. The predicted octanol–water partition coefficient (Wildman–Crippen LogP) is 1.36. The van der Waals surface area contributed by atoms with Crippen LogP contribution < -0.4 is 5.43 Å². The lowest BCUT2D eigenvalue weighted by molar-refractivity contribution is -0.122. The van der Waals surface area contributed by atoms with Gasteiger partial charge in [0.1, 0.15) is 6.54 Å². The fraction of sp³-hybridized carbons (Fsp3) is 0.0588. The Morgan fingerprint density at radius 2 is 1.96 bits per heavy atom. The molecule has 1 aromatic heterocycles. The highest BCUT2D eigenvalue weighted by Crippen LogP contribution is 2.17. The Bertz CT molecular complexity index is 941.